The third kappa shape index (κ3) is 1.84. The first-order valence-corrected chi connectivity index (χ1v) is 4.15. The predicted octanol–water partition coefficient (Wildman–Crippen LogP) is 2.12. The number of hydrogen-bond donors (Lipinski definition) is 1. The van der Waals surface area contributed by atoms with E-state index in [-0.39, 0.29) is 0 Å². The largest absolute Gasteiger partial charge is 0.396 e. The summed E-state index contributed by atoms with van der Waals surface area (Å²) < 4.78 is 0. The number of hydrogen-bond acceptors (Lipinski definition) is 1. The van der Waals surface area contributed by atoms with Crippen LogP contribution in [0.25, 0.3) is 0 Å². The second kappa shape index (κ2) is 3.77. The highest BCUT2D eigenvalue weighted by Gasteiger charge is 2.11. The summed E-state index contributed by atoms with van der Waals surface area (Å²) in [4.78, 5) is 0. The summed E-state index contributed by atoms with van der Waals surface area (Å²) in [5.41, 5.74) is 1.57. The molecule has 1 aliphatic rings. The van der Waals surface area contributed by atoms with E-state index in [2.05, 4.69) is 13.0 Å². The zero-order valence-electron chi connectivity index (χ0n) is 6.64. The molecule has 1 nitrogen and oxygen atoms in total. The zero-order valence-corrected chi connectivity index (χ0v) is 6.64. The topological polar surface area (TPSA) is 20.2 Å². The summed E-state index contributed by atoms with van der Waals surface area (Å²) in [5, 5.41) is 8.82. The highest BCUT2D eigenvalue weighted by atomic mass is 16.3. The lowest BCUT2D eigenvalue weighted by atomic mass is 9.89. The molecule has 0 saturated heterocycles. The Morgan fingerprint density at radius 3 is 2.90 bits per heavy atom. The van der Waals surface area contributed by atoms with E-state index in [9.17, 15) is 0 Å². The Balaban J connectivity index is 2.36. The van der Waals surface area contributed by atoms with Crippen molar-refractivity contribution in [3.05, 3.63) is 11.6 Å². The molecule has 0 unspecified atom stereocenters. The fourth-order valence-electron chi connectivity index (χ4n) is 1.43. The average molecular weight is 140 g/mol. The number of allylic oxidation sites excluding steroid dienone is 2. The molecule has 10 heavy (non-hydrogen) atoms. The van der Waals surface area contributed by atoms with Gasteiger partial charge in [0.2, 0.25) is 0 Å². The molecule has 1 rings (SSSR count). The van der Waals surface area contributed by atoms with Gasteiger partial charge < -0.3 is 5.11 Å². The maximum Gasteiger partial charge on any atom is 0.0462 e. The highest BCUT2D eigenvalue weighted by molar-refractivity contribution is 5.05. The molecule has 0 aromatic rings. The average Bonchev–Trinajstić information content (AvgIpc) is 2.05. The highest BCUT2D eigenvalue weighted by Crippen LogP contribution is 2.24. The molecule has 58 valence electrons. The van der Waals surface area contributed by atoms with Crippen molar-refractivity contribution in [3.8, 4) is 0 Å². The Morgan fingerprint density at radius 1 is 1.70 bits per heavy atom. The lowest BCUT2D eigenvalue weighted by Gasteiger charge is -2.18. The van der Waals surface area contributed by atoms with Gasteiger partial charge in [-0.25, -0.2) is 0 Å². The quantitative estimate of drug-likeness (QED) is 0.582. The fraction of sp³-hybridized carbons (Fsp3) is 0.778. The maximum absolute atomic E-state index is 8.82. The third-order valence-electron chi connectivity index (χ3n) is 2.33. The molecule has 1 heteroatoms. The molecule has 0 aliphatic heterocycles. The van der Waals surface area contributed by atoms with Gasteiger partial charge in [0, 0.05) is 6.61 Å². The first-order valence-electron chi connectivity index (χ1n) is 4.15. The van der Waals surface area contributed by atoms with Gasteiger partial charge in [0.15, 0.2) is 0 Å². The normalized spacial score (nSPS) is 26.2. The maximum atomic E-state index is 8.82. The SMILES string of the molecule is CCC1=CC[C@@H](CO)CC1. The standard InChI is InChI=1S/C9H16O/c1-2-8-3-5-9(7-10)6-4-8/h3,9-10H,2,4-7H2,1H3/t9-/m1/s1. The second-order valence-corrected chi connectivity index (χ2v) is 3.04. The van der Waals surface area contributed by atoms with Crippen LogP contribution in [0.15, 0.2) is 11.6 Å². The molecule has 0 radical (unpaired) electrons. The third-order valence-corrected chi connectivity index (χ3v) is 2.33. The van der Waals surface area contributed by atoms with E-state index in [1.54, 1.807) is 5.57 Å². The van der Waals surface area contributed by atoms with Gasteiger partial charge in [0.25, 0.3) is 0 Å². The van der Waals surface area contributed by atoms with Crippen molar-refractivity contribution in [1.82, 2.24) is 0 Å². The van der Waals surface area contributed by atoms with Crippen LogP contribution in [0.4, 0.5) is 0 Å². The Bertz CT molecular complexity index is 127. The van der Waals surface area contributed by atoms with Gasteiger partial charge in [0.1, 0.15) is 0 Å². The minimum atomic E-state index is 0.369. The lowest BCUT2D eigenvalue weighted by molar-refractivity contribution is 0.215. The molecule has 0 fully saturated rings. The van der Waals surface area contributed by atoms with Crippen LogP contribution in [-0.4, -0.2) is 11.7 Å². The van der Waals surface area contributed by atoms with Crippen LogP contribution in [0, 0.1) is 5.92 Å². The number of rotatable bonds is 2. The molecule has 0 bridgehead atoms. The van der Waals surface area contributed by atoms with Crippen LogP contribution < -0.4 is 0 Å². The van der Waals surface area contributed by atoms with Crippen LogP contribution in [-0.2, 0) is 0 Å². The van der Waals surface area contributed by atoms with Crippen molar-refractivity contribution in [2.75, 3.05) is 6.61 Å². The fourth-order valence-corrected chi connectivity index (χ4v) is 1.43. The summed E-state index contributed by atoms with van der Waals surface area (Å²) in [5.74, 6) is 0.551. The molecule has 0 spiro atoms. The van der Waals surface area contributed by atoms with Gasteiger partial charge in [-0.15, -0.1) is 0 Å². The molecular formula is C9H16O. The van der Waals surface area contributed by atoms with E-state index in [4.69, 9.17) is 5.11 Å². The van der Waals surface area contributed by atoms with Crippen molar-refractivity contribution in [2.45, 2.75) is 32.6 Å². The van der Waals surface area contributed by atoms with E-state index < -0.39 is 0 Å². The van der Waals surface area contributed by atoms with E-state index in [1.807, 2.05) is 0 Å². The monoisotopic (exact) mass is 140 g/mol. The summed E-state index contributed by atoms with van der Waals surface area (Å²) in [6.45, 7) is 2.57. The molecule has 0 amide bonds. The smallest absolute Gasteiger partial charge is 0.0462 e. The van der Waals surface area contributed by atoms with Crippen LogP contribution in [0.1, 0.15) is 32.6 Å². The Labute approximate surface area is 62.8 Å². The molecule has 0 saturated carbocycles. The molecule has 0 heterocycles. The molecular weight excluding hydrogens is 124 g/mol. The van der Waals surface area contributed by atoms with Crippen molar-refractivity contribution in [1.29, 1.82) is 0 Å². The summed E-state index contributed by atoms with van der Waals surface area (Å²) >= 11 is 0. The Morgan fingerprint density at radius 2 is 2.50 bits per heavy atom. The zero-order chi connectivity index (χ0) is 7.40. The first kappa shape index (κ1) is 7.80. The lowest BCUT2D eigenvalue weighted by Crippen LogP contribution is -2.09. The minimum Gasteiger partial charge on any atom is -0.396 e. The van der Waals surface area contributed by atoms with Crippen molar-refractivity contribution in [2.24, 2.45) is 5.92 Å². The van der Waals surface area contributed by atoms with Crippen LogP contribution in [0.5, 0.6) is 0 Å². The Kier molecular flexibility index (Phi) is 2.94. The molecule has 0 aromatic carbocycles. The molecule has 1 aliphatic carbocycles. The van der Waals surface area contributed by atoms with Crippen molar-refractivity contribution in [3.63, 3.8) is 0 Å². The Hall–Kier alpha value is -0.300. The van der Waals surface area contributed by atoms with Gasteiger partial charge in [-0.3, -0.25) is 0 Å². The molecule has 0 aromatic heterocycles. The predicted molar refractivity (Wildman–Crippen MR) is 42.8 cm³/mol. The van der Waals surface area contributed by atoms with Crippen molar-refractivity contribution < 1.29 is 5.11 Å². The summed E-state index contributed by atoms with van der Waals surface area (Å²) in [6.07, 6.45) is 6.99. The van der Waals surface area contributed by atoms with Crippen LogP contribution >= 0.6 is 0 Å². The van der Waals surface area contributed by atoms with Gasteiger partial charge >= 0.3 is 0 Å². The van der Waals surface area contributed by atoms with E-state index in [1.165, 1.54) is 19.3 Å². The van der Waals surface area contributed by atoms with Crippen molar-refractivity contribution >= 4 is 0 Å². The van der Waals surface area contributed by atoms with E-state index >= 15 is 0 Å². The van der Waals surface area contributed by atoms with Gasteiger partial charge in [-0.05, 0) is 31.6 Å². The van der Waals surface area contributed by atoms with Gasteiger partial charge in [0.05, 0.1) is 0 Å². The van der Waals surface area contributed by atoms with Gasteiger partial charge in [-0.2, -0.15) is 0 Å². The summed E-state index contributed by atoms with van der Waals surface area (Å²) in [7, 11) is 0. The van der Waals surface area contributed by atoms with Crippen LogP contribution in [0.2, 0.25) is 0 Å². The molecule has 1 N–H and O–H groups in total. The second-order valence-electron chi connectivity index (χ2n) is 3.04. The molecule has 1 atom stereocenters. The van der Waals surface area contributed by atoms with Gasteiger partial charge in [-0.1, -0.05) is 18.6 Å². The van der Waals surface area contributed by atoms with E-state index in [0.29, 0.717) is 12.5 Å². The number of aliphatic hydroxyl groups is 1. The first-order chi connectivity index (χ1) is 4.86. The van der Waals surface area contributed by atoms with E-state index in [0.717, 1.165) is 6.42 Å². The summed E-state index contributed by atoms with van der Waals surface area (Å²) in [6, 6.07) is 0. The minimum absolute atomic E-state index is 0.369. The number of aliphatic hydroxyl groups excluding tert-OH is 1. The van der Waals surface area contributed by atoms with Crippen LogP contribution in [0.3, 0.4) is 0 Å².